The van der Waals surface area contributed by atoms with E-state index < -0.39 is 10.8 Å². The molecule has 9 heteroatoms. The first kappa shape index (κ1) is 20.0. The van der Waals surface area contributed by atoms with E-state index in [0.29, 0.717) is 22.2 Å². The minimum Gasteiger partial charge on any atom is -0.493 e. The molecular weight excluding hydrogens is 392 g/mol. The molecule has 2 aromatic carbocycles. The summed E-state index contributed by atoms with van der Waals surface area (Å²) in [5.74, 6) is 0.459. The molecule has 0 aliphatic heterocycles. The third-order valence-corrected chi connectivity index (χ3v) is 4.98. The maximum atomic E-state index is 11.1. The summed E-state index contributed by atoms with van der Waals surface area (Å²) in [4.78, 5) is 19.3. The van der Waals surface area contributed by atoms with Crippen LogP contribution in [-0.4, -0.2) is 30.3 Å². The van der Waals surface area contributed by atoms with E-state index in [0.717, 1.165) is 5.56 Å². The highest BCUT2D eigenvalue weighted by Crippen LogP contribution is 2.34. The molecule has 0 fully saturated rings. The zero-order valence-electron chi connectivity index (χ0n) is 15.6. The van der Waals surface area contributed by atoms with Gasteiger partial charge in [0.2, 0.25) is 0 Å². The molecule has 0 saturated heterocycles. The Morgan fingerprint density at radius 2 is 2.00 bits per heavy atom. The fourth-order valence-corrected chi connectivity index (χ4v) is 3.43. The standard InChI is InChI=1S/C20H16N4O4S/c1-27-18-8-7-13(9-19(18)28-2)16-12-29-20(23-16)14(10-21)11-22-15-5-3-4-6-17(15)24(25)26/h3-9,11-12,14H,1-2H3. The summed E-state index contributed by atoms with van der Waals surface area (Å²) in [5.41, 5.74) is 1.57. The Morgan fingerprint density at radius 3 is 2.69 bits per heavy atom. The predicted molar refractivity (Wildman–Crippen MR) is 110 cm³/mol. The number of para-hydroxylation sites is 2. The first-order valence-corrected chi connectivity index (χ1v) is 9.30. The fourth-order valence-electron chi connectivity index (χ4n) is 2.59. The Bertz CT molecular complexity index is 1100. The maximum absolute atomic E-state index is 11.1. The largest absolute Gasteiger partial charge is 0.493 e. The lowest BCUT2D eigenvalue weighted by molar-refractivity contribution is -0.384. The highest BCUT2D eigenvalue weighted by atomic mass is 32.1. The molecule has 3 rings (SSSR count). The van der Waals surface area contributed by atoms with Crippen LogP contribution in [-0.2, 0) is 0 Å². The van der Waals surface area contributed by atoms with E-state index >= 15 is 0 Å². The lowest BCUT2D eigenvalue weighted by Gasteiger charge is -2.08. The second kappa shape index (κ2) is 8.95. The third-order valence-electron chi connectivity index (χ3n) is 4.05. The lowest BCUT2D eigenvalue weighted by atomic mass is 10.1. The minimum absolute atomic E-state index is 0.120. The molecule has 146 valence electrons. The second-order valence-corrected chi connectivity index (χ2v) is 6.66. The van der Waals surface area contributed by atoms with Gasteiger partial charge in [0, 0.05) is 23.2 Å². The SMILES string of the molecule is COc1ccc(-c2csc(C(C#N)C=Nc3ccccc3[N+](=O)[O-])n2)cc1OC. The number of aliphatic imine (C=N–C) groups is 1. The molecular formula is C20H16N4O4S. The van der Waals surface area contributed by atoms with Gasteiger partial charge in [-0.2, -0.15) is 5.26 Å². The van der Waals surface area contributed by atoms with Gasteiger partial charge in [0.1, 0.15) is 16.6 Å². The van der Waals surface area contributed by atoms with Crippen LogP contribution in [0.3, 0.4) is 0 Å². The van der Waals surface area contributed by atoms with Gasteiger partial charge in [-0.25, -0.2) is 4.98 Å². The Hall–Kier alpha value is -3.77. The number of ether oxygens (including phenoxy) is 2. The van der Waals surface area contributed by atoms with Gasteiger partial charge in [0.15, 0.2) is 11.5 Å². The number of nitro benzene ring substituents is 1. The molecule has 0 radical (unpaired) electrons. The molecule has 1 aromatic heterocycles. The van der Waals surface area contributed by atoms with Gasteiger partial charge in [-0.05, 0) is 24.3 Å². The van der Waals surface area contributed by atoms with Crippen LogP contribution in [0.25, 0.3) is 11.3 Å². The van der Waals surface area contributed by atoms with Crippen LogP contribution in [0.5, 0.6) is 11.5 Å². The van der Waals surface area contributed by atoms with Crippen LogP contribution in [0.1, 0.15) is 10.9 Å². The molecule has 29 heavy (non-hydrogen) atoms. The summed E-state index contributed by atoms with van der Waals surface area (Å²) < 4.78 is 10.6. The molecule has 0 aliphatic rings. The number of rotatable bonds is 7. The molecule has 0 saturated carbocycles. The zero-order valence-corrected chi connectivity index (χ0v) is 16.4. The first-order chi connectivity index (χ1) is 14.1. The molecule has 1 unspecified atom stereocenters. The van der Waals surface area contributed by atoms with Crippen molar-refractivity contribution in [2.75, 3.05) is 14.2 Å². The van der Waals surface area contributed by atoms with Crippen molar-refractivity contribution in [1.29, 1.82) is 5.26 Å². The molecule has 0 bridgehead atoms. The molecule has 0 aliphatic carbocycles. The van der Waals surface area contributed by atoms with Gasteiger partial charge in [0.25, 0.3) is 5.69 Å². The van der Waals surface area contributed by atoms with E-state index in [4.69, 9.17) is 9.47 Å². The van der Waals surface area contributed by atoms with Gasteiger partial charge < -0.3 is 9.47 Å². The highest BCUT2D eigenvalue weighted by molar-refractivity contribution is 7.10. The number of hydrogen-bond donors (Lipinski definition) is 0. The van der Waals surface area contributed by atoms with Gasteiger partial charge in [-0.3, -0.25) is 15.1 Å². The quantitative estimate of drug-likeness (QED) is 0.317. The second-order valence-electron chi connectivity index (χ2n) is 5.77. The summed E-state index contributed by atoms with van der Waals surface area (Å²) in [5, 5.41) is 23.0. The summed E-state index contributed by atoms with van der Waals surface area (Å²) in [6.07, 6.45) is 1.37. The fraction of sp³-hybridized carbons (Fsp3) is 0.150. The monoisotopic (exact) mass is 408 g/mol. The highest BCUT2D eigenvalue weighted by Gasteiger charge is 2.16. The van der Waals surface area contributed by atoms with Crippen molar-refractivity contribution in [3.8, 4) is 28.8 Å². The first-order valence-electron chi connectivity index (χ1n) is 8.42. The smallest absolute Gasteiger partial charge is 0.294 e. The Balaban J connectivity index is 1.87. The van der Waals surface area contributed by atoms with E-state index in [2.05, 4.69) is 16.0 Å². The Kier molecular flexibility index (Phi) is 6.16. The minimum atomic E-state index is -0.728. The van der Waals surface area contributed by atoms with Crippen molar-refractivity contribution in [2.45, 2.75) is 5.92 Å². The van der Waals surface area contributed by atoms with Crippen molar-refractivity contribution in [2.24, 2.45) is 4.99 Å². The third kappa shape index (κ3) is 4.39. The summed E-state index contributed by atoms with van der Waals surface area (Å²) in [6, 6.07) is 13.7. The van der Waals surface area contributed by atoms with Crippen LogP contribution in [0.2, 0.25) is 0 Å². The topological polar surface area (TPSA) is 111 Å². The molecule has 3 aromatic rings. The average Bonchev–Trinajstić information content (AvgIpc) is 3.24. The number of nitro groups is 1. The average molecular weight is 408 g/mol. The van der Waals surface area contributed by atoms with Crippen molar-refractivity contribution >= 4 is 28.9 Å². The van der Waals surface area contributed by atoms with Crippen LogP contribution in [0, 0.1) is 21.4 Å². The number of benzene rings is 2. The summed E-state index contributed by atoms with van der Waals surface area (Å²) in [6.45, 7) is 0. The Labute approximate surface area is 170 Å². The van der Waals surface area contributed by atoms with Gasteiger partial charge in [0.05, 0.1) is 30.9 Å². The van der Waals surface area contributed by atoms with Gasteiger partial charge in [-0.15, -0.1) is 11.3 Å². The molecule has 0 spiro atoms. The van der Waals surface area contributed by atoms with Gasteiger partial charge in [-0.1, -0.05) is 12.1 Å². The van der Waals surface area contributed by atoms with Crippen LogP contribution < -0.4 is 9.47 Å². The number of nitriles is 1. The van der Waals surface area contributed by atoms with E-state index in [9.17, 15) is 15.4 Å². The van der Waals surface area contributed by atoms with Crippen LogP contribution in [0.15, 0.2) is 52.8 Å². The lowest BCUT2D eigenvalue weighted by Crippen LogP contribution is -1.97. The molecule has 8 nitrogen and oxygen atoms in total. The number of nitrogens with zero attached hydrogens (tertiary/aromatic N) is 4. The Morgan fingerprint density at radius 1 is 1.24 bits per heavy atom. The predicted octanol–water partition coefficient (Wildman–Crippen LogP) is 4.75. The number of aromatic nitrogens is 1. The molecule has 0 amide bonds. The zero-order chi connectivity index (χ0) is 20.8. The molecule has 1 atom stereocenters. The van der Waals surface area contributed by atoms with Crippen LogP contribution in [0.4, 0.5) is 11.4 Å². The van der Waals surface area contributed by atoms with E-state index in [1.165, 1.54) is 29.7 Å². The maximum Gasteiger partial charge on any atom is 0.294 e. The number of methoxy groups -OCH3 is 2. The number of hydrogen-bond acceptors (Lipinski definition) is 8. The normalized spacial score (nSPS) is 11.8. The summed E-state index contributed by atoms with van der Waals surface area (Å²) >= 11 is 1.32. The molecule has 0 N–H and O–H groups in total. The summed E-state index contributed by atoms with van der Waals surface area (Å²) in [7, 11) is 3.12. The van der Waals surface area contributed by atoms with Crippen molar-refractivity contribution in [3.05, 3.63) is 63.0 Å². The van der Waals surface area contributed by atoms with Crippen molar-refractivity contribution in [1.82, 2.24) is 4.98 Å². The van der Waals surface area contributed by atoms with Gasteiger partial charge >= 0.3 is 0 Å². The number of thiazole rings is 1. The van der Waals surface area contributed by atoms with E-state index in [-0.39, 0.29) is 11.4 Å². The van der Waals surface area contributed by atoms with Crippen molar-refractivity contribution < 1.29 is 14.4 Å². The van der Waals surface area contributed by atoms with Crippen molar-refractivity contribution in [3.63, 3.8) is 0 Å². The van der Waals surface area contributed by atoms with Crippen LogP contribution >= 0.6 is 11.3 Å². The van der Waals surface area contributed by atoms with E-state index in [1.807, 2.05) is 11.4 Å². The van der Waals surface area contributed by atoms with E-state index in [1.54, 1.807) is 38.5 Å². The molecule has 1 heterocycles.